The third-order valence-electron chi connectivity index (χ3n) is 5.66. The Kier molecular flexibility index (Phi) is 5.48. The number of amides is 2. The second-order valence-electron chi connectivity index (χ2n) is 8.27. The lowest BCUT2D eigenvalue weighted by atomic mass is 9.91. The number of rotatable bonds is 5. The van der Waals surface area contributed by atoms with Gasteiger partial charge in [0.25, 0.3) is 0 Å². The van der Waals surface area contributed by atoms with E-state index in [9.17, 15) is 9.59 Å². The van der Waals surface area contributed by atoms with Gasteiger partial charge in [0.1, 0.15) is 0 Å². The van der Waals surface area contributed by atoms with Crippen LogP contribution in [0.4, 0.5) is 5.95 Å². The molecular formula is C20H29N5O3. The van der Waals surface area contributed by atoms with E-state index in [0.29, 0.717) is 32.3 Å². The van der Waals surface area contributed by atoms with E-state index >= 15 is 0 Å². The maximum absolute atomic E-state index is 12.9. The number of anilines is 1. The van der Waals surface area contributed by atoms with Crippen LogP contribution in [0.1, 0.15) is 38.3 Å². The molecule has 0 bridgehead atoms. The fraction of sp³-hybridized carbons (Fsp3) is 0.700. The van der Waals surface area contributed by atoms with Gasteiger partial charge in [-0.05, 0) is 32.8 Å². The lowest BCUT2D eigenvalue weighted by Crippen LogP contribution is -2.39. The molecule has 1 saturated carbocycles. The van der Waals surface area contributed by atoms with Crippen LogP contribution >= 0.6 is 0 Å². The zero-order valence-electron chi connectivity index (χ0n) is 16.6. The Bertz CT molecular complexity index is 730. The highest BCUT2D eigenvalue weighted by molar-refractivity contribution is 5.85. The molecular weight excluding hydrogens is 358 g/mol. The van der Waals surface area contributed by atoms with Gasteiger partial charge in [-0.1, -0.05) is 0 Å². The molecule has 152 valence electrons. The van der Waals surface area contributed by atoms with E-state index in [-0.39, 0.29) is 35.6 Å². The topological polar surface area (TPSA) is 87.7 Å². The van der Waals surface area contributed by atoms with Crippen molar-refractivity contribution in [2.75, 3.05) is 44.3 Å². The van der Waals surface area contributed by atoms with Crippen molar-refractivity contribution < 1.29 is 14.3 Å². The van der Waals surface area contributed by atoms with Crippen LogP contribution in [0.25, 0.3) is 0 Å². The van der Waals surface area contributed by atoms with Crippen LogP contribution in [-0.2, 0) is 14.3 Å². The molecule has 3 fully saturated rings. The summed E-state index contributed by atoms with van der Waals surface area (Å²) in [6.45, 7) is 7.78. The monoisotopic (exact) mass is 387 g/mol. The van der Waals surface area contributed by atoms with E-state index in [2.05, 4.69) is 15.2 Å². The van der Waals surface area contributed by atoms with Crippen molar-refractivity contribution in [2.24, 2.45) is 11.8 Å². The number of aromatic nitrogens is 2. The van der Waals surface area contributed by atoms with Gasteiger partial charge in [-0.3, -0.25) is 9.59 Å². The van der Waals surface area contributed by atoms with Gasteiger partial charge in [0.15, 0.2) is 0 Å². The molecule has 0 spiro atoms. The van der Waals surface area contributed by atoms with Crippen molar-refractivity contribution in [3.05, 3.63) is 18.0 Å². The number of hydrogen-bond donors (Lipinski definition) is 1. The number of hydrogen-bond acceptors (Lipinski definition) is 6. The minimum Gasteiger partial charge on any atom is -0.378 e. The molecule has 0 radical (unpaired) electrons. The Morgan fingerprint density at radius 3 is 2.64 bits per heavy atom. The molecule has 2 saturated heterocycles. The molecule has 4 rings (SSSR count). The van der Waals surface area contributed by atoms with Crippen molar-refractivity contribution in [3.8, 4) is 0 Å². The molecule has 0 aromatic carbocycles. The van der Waals surface area contributed by atoms with Crippen molar-refractivity contribution in [2.45, 2.75) is 38.6 Å². The molecule has 3 aliphatic rings. The summed E-state index contributed by atoms with van der Waals surface area (Å²) in [7, 11) is 0. The van der Waals surface area contributed by atoms with Crippen LogP contribution in [0, 0.1) is 11.8 Å². The van der Waals surface area contributed by atoms with Crippen LogP contribution in [0.2, 0.25) is 0 Å². The summed E-state index contributed by atoms with van der Waals surface area (Å²) in [5.74, 6) is 0.629. The molecule has 28 heavy (non-hydrogen) atoms. The number of morpholine rings is 1. The lowest BCUT2D eigenvalue weighted by Gasteiger charge is -2.27. The molecule has 8 heteroatoms. The Labute approximate surface area is 165 Å². The van der Waals surface area contributed by atoms with Gasteiger partial charge in [0.2, 0.25) is 17.8 Å². The number of nitrogens with one attached hydrogen (secondary N) is 1. The highest BCUT2D eigenvalue weighted by atomic mass is 16.5. The van der Waals surface area contributed by atoms with Gasteiger partial charge in [-0.15, -0.1) is 0 Å². The average molecular weight is 387 g/mol. The van der Waals surface area contributed by atoms with E-state index in [1.54, 1.807) is 6.20 Å². The van der Waals surface area contributed by atoms with E-state index in [4.69, 9.17) is 9.72 Å². The number of carbonyl (C=O) groups excluding carboxylic acids is 2. The SMILES string of the molecule is CC(C)NC(=O)[C@H]1CN(C(=O)C2CC2)C[C@@H]1c1ccnc(N2CCOCC2)n1. The van der Waals surface area contributed by atoms with Crippen molar-refractivity contribution >= 4 is 17.8 Å². The summed E-state index contributed by atoms with van der Waals surface area (Å²) in [5, 5.41) is 3.02. The van der Waals surface area contributed by atoms with Crippen LogP contribution < -0.4 is 10.2 Å². The fourth-order valence-electron chi connectivity index (χ4n) is 4.01. The molecule has 2 amide bonds. The average Bonchev–Trinajstić information content (AvgIpc) is 3.45. The zero-order valence-corrected chi connectivity index (χ0v) is 16.6. The quantitative estimate of drug-likeness (QED) is 0.804. The molecule has 8 nitrogen and oxygen atoms in total. The number of nitrogens with zero attached hydrogens (tertiary/aromatic N) is 4. The first kappa shape index (κ1) is 19.1. The maximum Gasteiger partial charge on any atom is 0.225 e. The minimum absolute atomic E-state index is 0.00219. The van der Waals surface area contributed by atoms with Gasteiger partial charge in [-0.2, -0.15) is 0 Å². The summed E-state index contributed by atoms with van der Waals surface area (Å²) < 4.78 is 5.41. The van der Waals surface area contributed by atoms with E-state index in [0.717, 1.165) is 31.6 Å². The highest BCUT2D eigenvalue weighted by Gasteiger charge is 2.44. The summed E-state index contributed by atoms with van der Waals surface area (Å²) in [4.78, 5) is 38.7. The summed E-state index contributed by atoms with van der Waals surface area (Å²) in [6, 6.07) is 1.95. The third kappa shape index (κ3) is 4.11. The van der Waals surface area contributed by atoms with Crippen molar-refractivity contribution in [1.82, 2.24) is 20.2 Å². The third-order valence-corrected chi connectivity index (χ3v) is 5.66. The largest absolute Gasteiger partial charge is 0.378 e. The highest BCUT2D eigenvalue weighted by Crippen LogP contribution is 2.37. The van der Waals surface area contributed by atoms with E-state index in [1.807, 2.05) is 24.8 Å². The van der Waals surface area contributed by atoms with Crippen LogP contribution in [0.5, 0.6) is 0 Å². The van der Waals surface area contributed by atoms with E-state index in [1.165, 1.54) is 0 Å². The first-order valence-corrected chi connectivity index (χ1v) is 10.3. The van der Waals surface area contributed by atoms with Crippen molar-refractivity contribution in [3.63, 3.8) is 0 Å². The Balaban J connectivity index is 1.57. The molecule has 3 heterocycles. The Morgan fingerprint density at radius 1 is 1.21 bits per heavy atom. The van der Waals surface area contributed by atoms with Gasteiger partial charge >= 0.3 is 0 Å². The van der Waals surface area contributed by atoms with Gasteiger partial charge in [-0.25, -0.2) is 9.97 Å². The first-order valence-electron chi connectivity index (χ1n) is 10.3. The van der Waals surface area contributed by atoms with Crippen molar-refractivity contribution in [1.29, 1.82) is 0 Å². The Hall–Kier alpha value is -2.22. The fourth-order valence-corrected chi connectivity index (χ4v) is 4.01. The smallest absolute Gasteiger partial charge is 0.225 e. The van der Waals surface area contributed by atoms with Gasteiger partial charge < -0.3 is 19.9 Å². The van der Waals surface area contributed by atoms with E-state index < -0.39 is 0 Å². The second-order valence-corrected chi connectivity index (χ2v) is 8.27. The normalized spacial score (nSPS) is 25.2. The molecule has 0 unspecified atom stereocenters. The molecule has 1 aliphatic carbocycles. The maximum atomic E-state index is 12.9. The predicted octanol–water partition coefficient (Wildman–Crippen LogP) is 0.790. The zero-order chi connectivity index (χ0) is 19.7. The number of ether oxygens (including phenoxy) is 1. The predicted molar refractivity (Wildman–Crippen MR) is 104 cm³/mol. The molecule has 1 aromatic rings. The number of likely N-dealkylation sites (tertiary alicyclic amines) is 1. The van der Waals surface area contributed by atoms with Crippen LogP contribution in [0.15, 0.2) is 12.3 Å². The van der Waals surface area contributed by atoms with Gasteiger partial charge in [0.05, 0.1) is 24.8 Å². The lowest BCUT2D eigenvalue weighted by molar-refractivity contribution is -0.132. The second kappa shape index (κ2) is 8.03. The summed E-state index contributed by atoms with van der Waals surface area (Å²) in [5.41, 5.74) is 0.839. The molecule has 2 atom stereocenters. The first-order chi connectivity index (χ1) is 13.5. The summed E-state index contributed by atoms with van der Waals surface area (Å²) in [6.07, 6.45) is 3.70. The Morgan fingerprint density at radius 2 is 1.96 bits per heavy atom. The minimum atomic E-state index is -0.280. The van der Waals surface area contributed by atoms with Crippen LogP contribution in [0.3, 0.4) is 0 Å². The number of carbonyl (C=O) groups is 2. The van der Waals surface area contributed by atoms with Crippen LogP contribution in [-0.4, -0.2) is 72.1 Å². The molecule has 2 aliphatic heterocycles. The molecule has 1 aromatic heterocycles. The van der Waals surface area contributed by atoms with Gasteiger partial charge in [0, 0.05) is 50.3 Å². The molecule has 1 N–H and O–H groups in total. The standard InChI is InChI=1S/C20H29N5O3/c1-13(2)22-18(26)16-12-25(19(27)14-3-4-14)11-15(16)17-5-6-21-20(23-17)24-7-9-28-10-8-24/h5-6,13-16H,3-4,7-12H2,1-2H3,(H,22,26)/t15-,16-/m0/s1. The summed E-state index contributed by atoms with van der Waals surface area (Å²) >= 11 is 0.